The molecule has 3 aliphatic heterocycles. The Kier molecular flexibility index (Phi) is 5.42. The Morgan fingerprint density at radius 2 is 1.70 bits per heavy atom. The number of piperidine rings is 1. The number of amides is 2. The summed E-state index contributed by atoms with van der Waals surface area (Å²) in [5.74, 6) is 0.0779. The zero-order valence-electron chi connectivity index (χ0n) is 22.5. The Morgan fingerprint density at radius 1 is 1.03 bits per heavy atom. The number of fused-ring (bicyclic) bond motifs is 6. The van der Waals surface area contributed by atoms with Gasteiger partial charge in [-0.2, -0.15) is 0 Å². The van der Waals surface area contributed by atoms with E-state index in [9.17, 15) is 9.59 Å². The molecule has 37 heavy (non-hydrogen) atoms. The molecular formula is C30H37N5O2. The maximum absolute atomic E-state index is 13.6. The van der Waals surface area contributed by atoms with Crippen molar-refractivity contribution in [3.8, 4) is 0 Å². The zero-order valence-corrected chi connectivity index (χ0v) is 22.5. The van der Waals surface area contributed by atoms with E-state index in [-0.39, 0.29) is 41.6 Å². The molecule has 2 amide bonds. The summed E-state index contributed by atoms with van der Waals surface area (Å²) in [4.78, 5) is 31.3. The van der Waals surface area contributed by atoms with Gasteiger partial charge in [0.05, 0.1) is 16.9 Å². The normalized spacial score (nSPS) is 22.4. The molecule has 1 fully saturated rings. The minimum Gasteiger partial charge on any atom is -0.352 e. The average molecular weight is 500 g/mol. The molecule has 7 nitrogen and oxygen atoms in total. The lowest BCUT2D eigenvalue weighted by Crippen LogP contribution is -2.62. The molecule has 3 aliphatic rings. The van der Waals surface area contributed by atoms with Crippen LogP contribution in [0.1, 0.15) is 68.3 Å². The van der Waals surface area contributed by atoms with Crippen molar-refractivity contribution in [1.82, 2.24) is 20.1 Å². The molecule has 0 aliphatic carbocycles. The van der Waals surface area contributed by atoms with E-state index in [0.29, 0.717) is 6.54 Å². The average Bonchev–Trinajstić information content (AvgIpc) is 3.13. The van der Waals surface area contributed by atoms with E-state index in [4.69, 9.17) is 0 Å². The molecule has 0 spiro atoms. The van der Waals surface area contributed by atoms with Gasteiger partial charge in [-0.3, -0.25) is 9.59 Å². The number of carbonyl (C=O) groups excluding carboxylic acids is 2. The van der Waals surface area contributed by atoms with E-state index >= 15 is 0 Å². The third-order valence-electron chi connectivity index (χ3n) is 8.26. The van der Waals surface area contributed by atoms with Crippen molar-refractivity contribution < 1.29 is 9.59 Å². The van der Waals surface area contributed by atoms with Gasteiger partial charge in [-0.15, -0.1) is 0 Å². The van der Waals surface area contributed by atoms with Crippen LogP contribution in [0.25, 0.3) is 10.9 Å². The van der Waals surface area contributed by atoms with Gasteiger partial charge >= 0.3 is 0 Å². The quantitative estimate of drug-likeness (QED) is 0.566. The summed E-state index contributed by atoms with van der Waals surface area (Å²) in [6, 6.07) is 16.3. The van der Waals surface area contributed by atoms with Crippen molar-refractivity contribution in [2.75, 3.05) is 18.5 Å². The van der Waals surface area contributed by atoms with Crippen LogP contribution in [0.2, 0.25) is 0 Å². The molecular weight excluding hydrogens is 462 g/mol. The van der Waals surface area contributed by atoms with Crippen LogP contribution in [0, 0.1) is 0 Å². The first-order valence-corrected chi connectivity index (χ1v) is 13.4. The van der Waals surface area contributed by atoms with Crippen molar-refractivity contribution in [3.05, 3.63) is 65.4 Å². The van der Waals surface area contributed by atoms with Gasteiger partial charge in [-0.25, -0.2) is 0 Å². The Hall–Kier alpha value is -3.32. The molecule has 0 radical (unpaired) electrons. The summed E-state index contributed by atoms with van der Waals surface area (Å²) in [6.45, 7) is 9.69. The summed E-state index contributed by atoms with van der Waals surface area (Å²) in [6.07, 6.45) is 2.30. The van der Waals surface area contributed by atoms with Crippen molar-refractivity contribution in [1.29, 1.82) is 0 Å². The molecule has 0 saturated carbocycles. The smallest absolute Gasteiger partial charge is 0.257 e. The summed E-state index contributed by atoms with van der Waals surface area (Å²) < 4.78 is 2.16. The van der Waals surface area contributed by atoms with Crippen LogP contribution in [0.15, 0.2) is 48.5 Å². The fourth-order valence-electron chi connectivity index (χ4n) is 7.32. The van der Waals surface area contributed by atoms with Crippen LogP contribution in [0.4, 0.5) is 5.69 Å². The maximum atomic E-state index is 13.6. The number of nitrogens with zero attached hydrogens (tertiary/aromatic N) is 3. The van der Waals surface area contributed by atoms with Crippen molar-refractivity contribution >= 4 is 28.4 Å². The molecule has 1 aromatic heterocycles. The molecule has 2 aromatic carbocycles. The molecule has 6 rings (SSSR count). The van der Waals surface area contributed by atoms with Gasteiger partial charge in [0, 0.05) is 41.6 Å². The van der Waals surface area contributed by atoms with E-state index in [0.717, 1.165) is 41.7 Å². The predicted octanol–water partition coefficient (Wildman–Crippen LogP) is 4.21. The minimum absolute atomic E-state index is 0.0179. The van der Waals surface area contributed by atoms with E-state index < -0.39 is 0 Å². The lowest BCUT2D eigenvalue weighted by atomic mass is 9.79. The van der Waals surface area contributed by atoms with Crippen LogP contribution in [-0.4, -0.2) is 52.0 Å². The number of nitrogens with one attached hydrogen (secondary N) is 2. The fourth-order valence-corrected chi connectivity index (χ4v) is 7.32. The highest BCUT2D eigenvalue weighted by Crippen LogP contribution is 2.44. The maximum Gasteiger partial charge on any atom is 0.257 e. The molecule has 1 unspecified atom stereocenters. The second kappa shape index (κ2) is 8.35. The van der Waals surface area contributed by atoms with E-state index in [2.05, 4.69) is 73.0 Å². The van der Waals surface area contributed by atoms with Crippen LogP contribution in [-0.2, 0) is 17.8 Å². The van der Waals surface area contributed by atoms with Crippen LogP contribution in [0.3, 0.4) is 0 Å². The molecule has 3 aromatic rings. The number of aromatic nitrogens is 1. The standard InChI is InChI=1S/C30H37N5O2/c1-29(2)16-19(17-30(3,4)32-29)31-25(36)18-35-24-13-9-6-10-20(24)21-14-15-34-27(26(21)35)33(5)23-12-8-7-11-22(23)28(34)37/h6-13,19,27,32H,14-18H2,1-5H3,(H,31,36). The molecule has 1 saturated heterocycles. The summed E-state index contributed by atoms with van der Waals surface area (Å²) in [5, 5.41) is 8.22. The highest BCUT2D eigenvalue weighted by Gasteiger charge is 2.43. The molecule has 0 bridgehead atoms. The van der Waals surface area contributed by atoms with Gasteiger partial charge in [-0.1, -0.05) is 30.3 Å². The van der Waals surface area contributed by atoms with Crippen LogP contribution in [0.5, 0.6) is 0 Å². The van der Waals surface area contributed by atoms with Crippen LogP contribution >= 0.6 is 0 Å². The molecule has 7 heteroatoms. The Balaban J connectivity index is 1.38. The first kappa shape index (κ1) is 24.0. The van der Waals surface area contributed by atoms with Crippen molar-refractivity contribution in [2.24, 2.45) is 0 Å². The number of anilines is 1. The predicted molar refractivity (Wildman–Crippen MR) is 147 cm³/mol. The number of hydrogen-bond acceptors (Lipinski definition) is 4. The highest BCUT2D eigenvalue weighted by molar-refractivity contribution is 6.02. The first-order chi connectivity index (χ1) is 17.5. The molecule has 194 valence electrons. The van der Waals surface area contributed by atoms with Gasteiger partial charge < -0.3 is 25.0 Å². The number of carbonyl (C=O) groups is 2. The Bertz CT molecular complexity index is 1390. The number of hydrogen-bond donors (Lipinski definition) is 2. The van der Waals surface area contributed by atoms with Crippen molar-refractivity contribution in [3.63, 3.8) is 0 Å². The molecule has 1 atom stereocenters. The van der Waals surface area contributed by atoms with Gasteiger partial charge in [0.15, 0.2) is 0 Å². The topological polar surface area (TPSA) is 69.6 Å². The third-order valence-corrected chi connectivity index (χ3v) is 8.26. The molecule has 2 N–H and O–H groups in total. The zero-order chi connectivity index (χ0) is 26.1. The second-order valence-corrected chi connectivity index (χ2v) is 12.3. The Morgan fingerprint density at radius 3 is 2.46 bits per heavy atom. The van der Waals surface area contributed by atoms with E-state index in [1.807, 2.05) is 35.2 Å². The fraction of sp³-hybridized carbons (Fsp3) is 0.467. The summed E-state index contributed by atoms with van der Waals surface area (Å²) in [5.41, 5.74) is 4.93. The monoisotopic (exact) mass is 499 g/mol. The summed E-state index contributed by atoms with van der Waals surface area (Å²) >= 11 is 0. The lowest BCUT2D eigenvalue weighted by Gasteiger charge is -2.47. The minimum atomic E-state index is -0.247. The highest BCUT2D eigenvalue weighted by atomic mass is 16.2. The van der Waals surface area contributed by atoms with Gasteiger partial charge in [0.1, 0.15) is 12.7 Å². The van der Waals surface area contributed by atoms with Crippen LogP contribution < -0.4 is 15.5 Å². The van der Waals surface area contributed by atoms with Gasteiger partial charge in [-0.05, 0) is 70.7 Å². The summed E-state index contributed by atoms with van der Waals surface area (Å²) in [7, 11) is 2.05. The second-order valence-electron chi connectivity index (χ2n) is 12.3. The van der Waals surface area contributed by atoms with Gasteiger partial charge in [0.25, 0.3) is 5.91 Å². The van der Waals surface area contributed by atoms with E-state index in [1.54, 1.807) is 0 Å². The number of para-hydroxylation sites is 2. The Labute approximate surface area is 218 Å². The SMILES string of the molecule is CN1c2ccccc2C(=O)N2CCc3c(n(CC(=O)NC4CC(C)(C)NC(C)(C)C4)c4ccccc34)C21. The van der Waals surface area contributed by atoms with Gasteiger partial charge in [0.2, 0.25) is 5.91 Å². The van der Waals surface area contributed by atoms with E-state index in [1.165, 1.54) is 10.9 Å². The first-order valence-electron chi connectivity index (χ1n) is 13.4. The van der Waals surface area contributed by atoms with Crippen molar-refractivity contribution in [2.45, 2.75) is 76.8 Å². The third kappa shape index (κ3) is 4.00. The number of rotatable bonds is 3. The lowest BCUT2D eigenvalue weighted by molar-refractivity contribution is -0.122. The largest absolute Gasteiger partial charge is 0.352 e. The number of benzene rings is 2. The molecule has 4 heterocycles.